The van der Waals surface area contributed by atoms with Gasteiger partial charge in [0.1, 0.15) is 11.5 Å². The highest BCUT2D eigenvalue weighted by Crippen LogP contribution is 2.42. The van der Waals surface area contributed by atoms with Gasteiger partial charge in [-0.1, -0.05) is 41.5 Å². The summed E-state index contributed by atoms with van der Waals surface area (Å²) in [5.74, 6) is 0.353. The molecule has 0 amide bonds. The summed E-state index contributed by atoms with van der Waals surface area (Å²) in [6.45, 7) is 11.2. The Bertz CT molecular complexity index is 751. The van der Waals surface area contributed by atoms with Crippen molar-refractivity contribution in [1.82, 2.24) is 0 Å². The number of benzene rings is 1. The first-order chi connectivity index (χ1) is 10.4. The third kappa shape index (κ3) is 5.98. The SMILES string of the molecule is CC(C)(C)c1cc(OS(C)(=O)=O)c(C(C)(C)C)cc1OS(C)(=O)=O. The van der Waals surface area contributed by atoms with Crippen molar-refractivity contribution in [2.75, 3.05) is 12.5 Å². The standard InChI is InChI=1S/C16H26O6S2/c1-15(2,3)11-9-14(22-24(8,19)20)12(16(4,5)6)10-13(11)21-23(7,17)18/h9-10H,1-8H3. The normalized spacial score (nSPS) is 13.7. The summed E-state index contributed by atoms with van der Waals surface area (Å²) in [4.78, 5) is 0. The molecule has 0 radical (unpaired) electrons. The maximum atomic E-state index is 11.6. The fraction of sp³-hybridized carbons (Fsp3) is 0.625. The van der Waals surface area contributed by atoms with Crippen molar-refractivity contribution in [1.29, 1.82) is 0 Å². The van der Waals surface area contributed by atoms with Gasteiger partial charge in [-0.25, -0.2) is 0 Å². The van der Waals surface area contributed by atoms with E-state index in [0.717, 1.165) is 12.5 Å². The maximum Gasteiger partial charge on any atom is 0.306 e. The molecule has 1 aromatic carbocycles. The summed E-state index contributed by atoms with van der Waals surface area (Å²) in [6.07, 6.45) is 1.94. The molecule has 0 saturated heterocycles. The summed E-state index contributed by atoms with van der Waals surface area (Å²) in [5.41, 5.74) is 0.122. The van der Waals surface area contributed by atoms with Crippen molar-refractivity contribution < 1.29 is 25.2 Å². The van der Waals surface area contributed by atoms with Crippen LogP contribution in [-0.4, -0.2) is 29.3 Å². The smallest absolute Gasteiger partial charge is 0.306 e. The predicted molar refractivity (Wildman–Crippen MR) is 94.8 cm³/mol. The van der Waals surface area contributed by atoms with Gasteiger partial charge in [0, 0.05) is 11.1 Å². The van der Waals surface area contributed by atoms with Gasteiger partial charge in [0.2, 0.25) is 0 Å². The van der Waals surface area contributed by atoms with Crippen LogP contribution in [0.1, 0.15) is 52.7 Å². The van der Waals surface area contributed by atoms with Gasteiger partial charge in [-0.3, -0.25) is 0 Å². The number of rotatable bonds is 4. The lowest BCUT2D eigenvalue weighted by atomic mass is 9.81. The highest BCUT2D eigenvalue weighted by Gasteiger charge is 2.29. The van der Waals surface area contributed by atoms with Gasteiger partial charge in [0.15, 0.2) is 0 Å². The van der Waals surface area contributed by atoms with Crippen LogP contribution in [-0.2, 0) is 31.1 Å². The Balaban J connectivity index is 3.79. The molecule has 0 unspecified atom stereocenters. The number of hydrogen-bond acceptors (Lipinski definition) is 6. The van der Waals surface area contributed by atoms with Crippen LogP contribution in [0.3, 0.4) is 0 Å². The van der Waals surface area contributed by atoms with Crippen molar-refractivity contribution in [2.45, 2.75) is 52.4 Å². The first-order valence-electron chi connectivity index (χ1n) is 7.38. The molecule has 0 saturated carbocycles. The molecule has 6 nitrogen and oxygen atoms in total. The Morgan fingerprint density at radius 1 is 0.667 bits per heavy atom. The second kappa shape index (κ2) is 6.22. The van der Waals surface area contributed by atoms with Gasteiger partial charge in [0.05, 0.1) is 12.5 Å². The van der Waals surface area contributed by atoms with E-state index >= 15 is 0 Å². The van der Waals surface area contributed by atoms with Crippen molar-refractivity contribution in [2.24, 2.45) is 0 Å². The van der Waals surface area contributed by atoms with Crippen molar-refractivity contribution in [3.05, 3.63) is 23.3 Å². The molecule has 0 aliphatic carbocycles. The third-order valence-electron chi connectivity index (χ3n) is 3.18. The van der Waals surface area contributed by atoms with E-state index in [1.54, 1.807) is 12.1 Å². The summed E-state index contributed by atoms with van der Waals surface area (Å²) < 4.78 is 56.7. The van der Waals surface area contributed by atoms with Crippen molar-refractivity contribution >= 4 is 20.2 Å². The van der Waals surface area contributed by atoms with E-state index in [0.29, 0.717) is 11.1 Å². The summed E-state index contributed by atoms with van der Waals surface area (Å²) >= 11 is 0. The quantitative estimate of drug-likeness (QED) is 0.749. The Morgan fingerprint density at radius 3 is 1.08 bits per heavy atom. The monoisotopic (exact) mass is 378 g/mol. The second-order valence-electron chi connectivity index (χ2n) is 7.92. The van der Waals surface area contributed by atoms with Crippen molar-refractivity contribution in [3.8, 4) is 11.5 Å². The summed E-state index contributed by atoms with van der Waals surface area (Å²) in [6, 6.07) is 3.09. The van der Waals surface area contributed by atoms with Crippen LogP contribution in [0.25, 0.3) is 0 Å². The van der Waals surface area contributed by atoms with Gasteiger partial charge in [-0.2, -0.15) is 16.8 Å². The van der Waals surface area contributed by atoms with Crippen LogP contribution in [0, 0.1) is 0 Å². The molecule has 0 N–H and O–H groups in total. The van der Waals surface area contributed by atoms with Gasteiger partial charge < -0.3 is 8.37 Å². The molecule has 24 heavy (non-hydrogen) atoms. The molecule has 0 fully saturated rings. The van der Waals surface area contributed by atoms with E-state index in [-0.39, 0.29) is 11.5 Å². The minimum absolute atomic E-state index is 0.177. The Morgan fingerprint density at radius 2 is 0.917 bits per heavy atom. The zero-order valence-electron chi connectivity index (χ0n) is 15.4. The minimum Gasteiger partial charge on any atom is -0.382 e. The van der Waals surface area contributed by atoms with E-state index < -0.39 is 31.1 Å². The zero-order chi connectivity index (χ0) is 19.1. The van der Waals surface area contributed by atoms with Crippen LogP contribution >= 0.6 is 0 Å². The van der Waals surface area contributed by atoms with E-state index in [1.807, 2.05) is 41.5 Å². The van der Waals surface area contributed by atoms with Gasteiger partial charge in [-0.15, -0.1) is 0 Å². The van der Waals surface area contributed by atoms with Crippen LogP contribution in [0.15, 0.2) is 12.1 Å². The lowest BCUT2D eigenvalue weighted by molar-refractivity contribution is 0.456. The third-order valence-corrected chi connectivity index (χ3v) is 4.14. The van der Waals surface area contributed by atoms with E-state index in [1.165, 1.54) is 0 Å². The lowest BCUT2D eigenvalue weighted by Gasteiger charge is -2.28. The van der Waals surface area contributed by atoms with E-state index in [2.05, 4.69) is 0 Å². The van der Waals surface area contributed by atoms with E-state index in [9.17, 15) is 16.8 Å². The van der Waals surface area contributed by atoms with Crippen molar-refractivity contribution in [3.63, 3.8) is 0 Å². The molecule has 0 heterocycles. The molecule has 1 aromatic rings. The van der Waals surface area contributed by atoms with Crippen LogP contribution in [0.2, 0.25) is 0 Å². The summed E-state index contributed by atoms with van der Waals surface area (Å²) in [7, 11) is -7.46. The maximum absolute atomic E-state index is 11.6. The topological polar surface area (TPSA) is 86.7 Å². The average Bonchev–Trinajstić information content (AvgIpc) is 2.23. The van der Waals surface area contributed by atoms with Crippen LogP contribution in [0.4, 0.5) is 0 Å². The molecular formula is C16H26O6S2. The lowest BCUT2D eigenvalue weighted by Crippen LogP contribution is -2.21. The predicted octanol–water partition coefficient (Wildman–Crippen LogP) is 2.96. The molecule has 1 rings (SSSR count). The molecule has 0 spiro atoms. The largest absolute Gasteiger partial charge is 0.382 e. The first-order valence-corrected chi connectivity index (χ1v) is 11.0. The van der Waals surface area contributed by atoms with Gasteiger partial charge in [0.25, 0.3) is 0 Å². The highest BCUT2D eigenvalue weighted by molar-refractivity contribution is 7.86. The second-order valence-corrected chi connectivity index (χ2v) is 11.1. The fourth-order valence-electron chi connectivity index (χ4n) is 2.20. The molecule has 8 heteroatoms. The molecule has 0 aliphatic rings. The van der Waals surface area contributed by atoms with Crippen LogP contribution < -0.4 is 8.37 Å². The first kappa shape index (κ1) is 20.8. The Labute approximate surface area is 145 Å². The molecule has 0 aliphatic heterocycles. The van der Waals surface area contributed by atoms with Crippen LogP contribution in [0.5, 0.6) is 11.5 Å². The highest BCUT2D eigenvalue weighted by atomic mass is 32.2. The fourth-order valence-corrected chi connectivity index (χ4v) is 3.12. The van der Waals surface area contributed by atoms with E-state index in [4.69, 9.17) is 8.37 Å². The Kier molecular flexibility index (Phi) is 5.38. The molecule has 0 bridgehead atoms. The molecule has 138 valence electrons. The Hall–Kier alpha value is -1.28. The van der Waals surface area contributed by atoms with Gasteiger partial charge >= 0.3 is 20.2 Å². The number of hydrogen-bond donors (Lipinski definition) is 0. The van der Waals surface area contributed by atoms with Gasteiger partial charge in [-0.05, 0) is 23.0 Å². The summed E-state index contributed by atoms with van der Waals surface area (Å²) in [5, 5.41) is 0. The minimum atomic E-state index is -3.73. The zero-order valence-corrected chi connectivity index (χ0v) is 17.1. The average molecular weight is 379 g/mol. The molecular weight excluding hydrogens is 352 g/mol. The molecule has 0 atom stereocenters. The molecule has 0 aromatic heterocycles.